The molecule has 1 amide bonds. The van der Waals surface area contributed by atoms with Crippen LogP contribution in [0.1, 0.15) is 65.2 Å². The number of hydrogen-bond donors (Lipinski definition) is 0. The van der Waals surface area contributed by atoms with Crippen LogP contribution in [0.2, 0.25) is 0 Å². The first-order chi connectivity index (χ1) is 13.4. The molecule has 4 aliphatic rings. The molecule has 0 N–H and O–H groups in total. The van der Waals surface area contributed by atoms with Gasteiger partial charge in [-0.05, 0) is 85.7 Å². The molecule has 0 bridgehead atoms. The lowest BCUT2D eigenvalue weighted by Crippen LogP contribution is -2.61. The molecule has 5 rings (SSSR count). The molecule has 2 nitrogen and oxygen atoms in total. The van der Waals surface area contributed by atoms with E-state index in [1.807, 2.05) is 0 Å². The first-order valence-electron chi connectivity index (χ1n) is 11.4. The highest BCUT2D eigenvalue weighted by molar-refractivity contribution is 8.00. The van der Waals surface area contributed by atoms with E-state index in [-0.39, 0.29) is 0 Å². The number of amides is 1. The van der Waals surface area contributed by atoms with E-state index in [4.69, 9.17) is 0 Å². The summed E-state index contributed by atoms with van der Waals surface area (Å²) >= 11 is 2.14. The van der Waals surface area contributed by atoms with E-state index in [1.165, 1.54) is 43.4 Å². The Morgan fingerprint density at radius 3 is 2.46 bits per heavy atom. The van der Waals surface area contributed by atoms with Gasteiger partial charge in [0.25, 0.3) is 0 Å². The first-order valence-corrected chi connectivity index (χ1v) is 12.3. The van der Waals surface area contributed by atoms with E-state index in [1.54, 1.807) is 0 Å². The zero-order chi connectivity index (χ0) is 19.5. The molecule has 152 valence electrons. The quantitative estimate of drug-likeness (QED) is 0.609. The van der Waals surface area contributed by atoms with E-state index in [0.717, 1.165) is 35.8 Å². The van der Waals surface area contributed by atoms with Crippen LogP contribution in [-0.4, -0.2) is 29.1 Å². The van der Waals surface area contributed by atoms with Crippen LogP contribution < -0.4 is 0 Å². The predicted molar refractivity (Wildman–Crippen MR) is 116 cm³/mol. The Hall–Kier alpha value is -0.960. The number of likely N-dealkylation sites (tertiary alicyclic amines) is 1. The van der Waals surface area contributed by atoms with Crippen molar-refractivity contribution in [2.45, 2.75) is 81.4 Å². The van der Waals surface area contributed by atoms with E-state index in [9.17, 15) is 4.79 Å². The van der Waals surface area contributed by atoms with E-state index in [2.05, 4.69) is 67.9 Å². The molecule has 1 aromatic carbocycles. The van der Waals surface area contributed by atoms with Crippen molar-refractivity contribution >= 4 is 17.7 Å². The van der Waals surface area contributed by atoms with E-state index < -0.39 is 0 Å². The van der Waals surface area contributed by atoms with Gasteiger partial charge < -0.3 is 4.90 Å². The lowest BCUT2D eigenvalue weighted by atomic mass is 9.47. The molecule has 0 radical (unpaired) electrons. The molecule has 7 atom stereocenters. The molecule has 3 heteroatoms. The van der Waals surface area contributed by atoms with Gasteiger partial charge in [-0.2, -0.15) is 0 Å². The lowest BCUT2D eigenvalue weighted by molar-refractivity contribution is -0.156. The van der Waals surface area contributed by atoms with Crippen molar-refractivity contribution in [2.75, 3.05) is 7.05 Å². The summed E-state index contributed by atoms with van der Waals surface area (Å²) in [6.07, 6.45) is 9.99. The normalized spacial score (nSPS) is 45.3. The van der Waals surface area contributed by atoms with Crippen molar-refractivity contribution in [1.82, 2.24) is 4.90 Å². The second-order valence-electron chi connectivity index (χ2n) is 10.5. The standard InChI is InChI=1S/C25H35NOS/c1-24-16-14-23(27)26(3)21(24)11-9-18-19-10-12-22(25(19,2)15-13-20(18)24)28-17-7-5-4-6-8-17/h4-8,18-22H,9-16H2,1-3H3/t18-,19-,20+,21?,22?,24+,25-/m0/s1. The van der Waals surface area contributed by atoms with Gasteiger partial charge in [-0.3, -0.25) is 4.79 Å². The summed E-state index contributed by atoms with van der Waals surface area (Å²) in [6, 6.07) is 11.5. The smallest absolute Gasteiger partial charge is 0.222 e. The fraction of sp³-hybridized carbons (Fsp3) is 0.720. The summed E-state index contributed by atoms with van der Waals surface area (Å²) in [4.78, 5) is 15.9. The van der Waals surface area contributed by atoms with Crippen molar-refractivity contribution in [3.63, 3.8) is 0 Å². The van der Waals surface area contributed by atoms with Crippen molar-refractivity contribution in [2.24, 2.45) is 28.6 Å². The number of benzene rings is 1. The molecule has 0 aromatic heterocycles. The molecule has 1 heterocycles. The lowest BCUT2D eigenvalue weighted by Gasteiger charge is -2.61. The third-order valence-corrected chi connectivity index (χ3v) is 11.1. The summed E-state index contributed by atoms with van der Waals surface area (Å²) < 4.78 is 0. The third kappa shape index (κ3) is 2.71. The molecule has 3 saturated carbocycles. The second kappa shape index (κ2) is 6.79. The van der Waals surface area contributed by atoms with Crippen LogP contribution in [-0.2, 0) is 4.79 Å². The molecule has 4 fully saturated rings. The van der Waals surface area contributed by atoms with Crippen LogP contribution >= 0.6 is 11.8 Å². The number of nitrogens with zero attached hydrogens (tertiary/aromatic N) is 1. The summed E-state index contributed by atoms with van der Waals surface area (Å²) in [5, 5.41) is 0.766. The molecule has 3 aliphatic carbocycles. The van der Waals surface area contributed by atoms with Gasteiger partial charge in [0.2, 0.25) is 5.91 Å². The summed E-state index contributed by atoms with van der Waals surface area (Å²) in [5.74, 6) is 2.96. The Kier molecular flexibility index (Phi) is 4.61. The van der Waals surface area contributed by atoms with E-state index in [0.29, 0.717) is 22.8 Å². The zero-order valence-corrected chi connectivity index (χ0v) is 18.5. The molecular weight excluding hydrogens is 362 g/mol. The Balaban J connectivity index is 1.39. The minimum Gasteiger partial charge on any atom is -0.342 e. The Labute approximate surface area is 174 Å². The highest BCUT2D eigenvalue weighted by atomic mass is 32.2. The third-order valence-electron chi connectivity index (χ3n) is 9.49. The fourth-order valence-corrected chi connectivity index (χ4v) is 9.42. The number of carbonyl (C=O) groups excluding carboxylic acids is 1. The number of piperidine rings is 1. The first kappa shape index (κ1) is 19.0. The monoisotopic (exact) mass is 397 g/mol. The minimum atomic E-state index is 0.345. The van der Waals surface area contributed by atoms with Gasteiger partial charge in [-0.1, -0.05) is 32.0 Å². The van der Waals surface area contributed by atoms with Crippen LogP contribution in [0.3, 0.4) is 0 Å². The molecule has 1 saturated heterocycles. The van der Waals surface area contributed by atoms with Gasteiger partial charge in [-0.25, -0.2) is 0 Å². The maximum atomic E-state index is 12.3. The van der Waals surface area contributed by atoms with Crippen molar-refractivity contribution in [3.8, 4) is 0 Å². The van der Waals surface area contributed by atoms with Gasteiger partial charge in [0.05, 0.1) is 0 Å². The van der Waals surface area contributed by atoms with Crippen molar-refractivity contribution in [3.05, 3.63) is 30.3 Å². The maximum Gasteiger partial charge on any atom is 0.222 e. The highest BCUT2D eigenvalue weighted by Gasteiger charge is 2.61. The predicted octanol–water partition coefficient (Wildman–Crippen LogP) is 6.01. The van der Waals surface area contributed by atoms with Crippen LogP contribution in [0, 0.1) is 28.6 Å². The number of carbonyl (C=O) groups is 1. The largest absolute Gasteiger partial charge is 0.342 e. The molecule has 2 unspecified atom stereocenters. The van der Waals surface area contributed by atoms with Crippen LogP contribution in [0.25, 0.3) is 0 Å². The van der Waals surface area contributed by atoms with Gasteiger partial charge in [0.15, 0.2) is 0 Å². The van der Waals surface area contributed by atoms with Gasteiger partial charge in [0.1, 0.15) is 0 Å². The van der Waals surface area contributed by atoms with Crippen molar-refractivity contribution in [1.29, 1.82) is 0 Å². The second-order valence-corrected chi connectivity index (χ2v) is 11.8. The van der Waals surface area contributed by atoms with Gasteiger partial charge in [-0.15, -0.1) is 11.8 Å². The average molecular weight is 398 g/mol. The molecule has 1 aromatic rings. The number of rotatable bonds is 2. The maximum absolute atomic E-state index is 12.3. The average Bonchev–Trinajstić information content (AvgIpc) is 3.02. The fourth-order valence-electron chi connectivity index (χ4n) is 7.96. The Morgan fingerprint density at radius 2 is 1.68 bits per heavy atom. The Morgan fingerprint density at radius 1 is 0.929 bits per heavy atom. The SMILES string of the molecule is CN1C(=O)CC[C@@]2(C)C1CC[C@@H]1[C@H]2CC[C@]2(C)C(Sc3ccccc3)CC[C@@H]12. The van der Waals surface area contributed by atoms with Gasteiger partial charge >= 0.3 is 0 Å². The van der Waals surface area contributed by atoms with Crippen LogP contribution in [0.15, 0.2) is 35.2 Å². The number of hydrogen-bond acceptors (Lipinski definition) is 2. The summed E-state index contributed by atoms with van der Waals surface area (Å²) in [6.45, 7) is 5.15. The zero-order valence-electron chi connectivity index (χ0n) is 17.7. The molecule has 28 heavy (non-hydrogen) atoms. The summed E-state index contributed by atoms with van der Waals surface area (Å²) in [5.41, 5.74) is 0.832. The van der Waals surface area contributed by atoms with E-state index >= 15 is 0 Å². The van der Waals surface area contributed by atoms with Crippen LogP contribution in [0.4, 0.5) is 0 Å². The molecule has 0 spiro atoms. The highest BCUT2D eigenvalue weighted by Crippen LogP contribution is 2.66. The Bertz CT molecular complexity index is 750. The topological polar surface area (TPSA) is 20.3 Å². The summed E-state index contributed by atoms with van der Waals surface area (Å²) in [7, 11) is 2.07. The molecule has 1 aliphatic heterocycles. The minimum absolute atomic E-state index is 0.345. The molecular formula is C25H35NOS. The number of thioether (sulfide) groups is 1. The van der Waals surface area contributed by atoms with Gasteiger partial charge in [0, 0.05) is 29.7 Å². The number of fused-ring (bicyclic) bond motifs is 5. The van der Waals surface area contributed by atoms with Crippen molar-refractivity contribution < 1.29 is 4.79 Å². The van der Waals surface area contributed by atoms with Crippen LogP contribution in [0.5, 0.6) is 0 Å².